The number of rotatable bonds is 6. The molecule has 0 radical (unpaired) electrons. The minimum atomic E-state index is -4.68. The zero-order valence-electron chi connectivity index (χ0n) is 18.6. The van der Waals surface area contributed by atoms with Gasteiger partial charge in [-0.1, -0.05) is 18.6 Å². The number of halogens is 3. The molecule has 182 valence electrons. The predicted molar refractivity (Wildman–Crippen MR) is 124 cm³/mol. The van der Waals surface area contributed by atoms with E-state index in [9.17, 15) is 22.5 Å². The second-order valence-corrected chi connectivity index (χ2v) is 12.0. The van der Waals surface area contributed by atoms with Crippen LogP contribution in [0.5, 0.6) is 0 Å². The van der Waals surface area contributed by atoms with E-state index in [-0.39, 0.29) is 35.8 Å². The van der Waals surface area contributed by atoms with Gasteiger partial charge in [-0.15, -0.1) is 0 Å². The lowest BCUT2D eigenvalue weighted by Crippen LogP contribution is -2.30. The Balaban J connectivity index is 1.75. The standard InChI is InChI=1S/C22H25F3N5O3P/c1-34(2,32)17-8-4-6-13-14(9-27-19(13)17)18-15(22(23,24)25)10-28-21(30-18)29-16-7-3-5-12(16)11-33-20(26)31/h4,6,8-10,12,16,27H,3,5,7,11H2,1-2H3,(H2,26,31)(H,28,29,30)/t12-,16-/m0/s1. The van der Waals surface area contributed by atoms with Crippen LogP contribution in [-0.2, 0) is 15.5 Å². The molecule has 0 aliphatic heterocycles. The lowest BCUT2D eigenvalue weighted by molar-refractivity contribution is -0.137. The molecule has 1 aliphatic carbocycles. The van der Waals surface area contributed by atoms with Gasteiger partial charge in [-0.3, -0.25) is 0 Å². The number of fused-ring (bicyclic) bond motifs is 1. The Bertz CT molecular complexity index is 1270. The van der Waals surface area contributed by atoms with Gasteiger partial charge in [-0.25, -0.2) is 14.8 Å². The third kappa shape index (κ3) is 4.89. The second kappa shape index (κ2) is 8.94. The number of benzene rings is 1. The molecule has 1 amide bonds. The lowest BCUT2D eigenvalue weighted by Gasteiger charge is -2.21. The number of hydrogen-bond acceptors (Lipinski definition) is 6. The van der Waals surface area contributed by atoms with Gasteiger partial charge in [-0.05, 0) is 32.2 Å². The smallest absolute Gasteiger partial charge is 0.419 e. The molecule has 1 fully saturated rings. The number of nitrogens with zero attached hydrogens (tertiary/aromatic N) is 2. The highest BCUT2D eigenvalue weighted by Gasteiger charge is 2.37. The molecular formula is C22H25F3N5O3P. The van der Waals surface area contributed by atoms with Crippen molar-refractivity contribution in [3.05, 3.63) is 36.2 Å². The van der Waals surface area contributed by atoms with Crippen molar-refractivity contribution < 1.29 is 27.3 Å². The first-order valence-corrected chi connectivity index (χ1v) is 13.3. The maximum absolute atomic E-state index is 13.9. The minimum absolute atomic E-state index is 0.0427. The summed E-state index contributed by atoms with van der Waals surface area (Å²) in [6.07, 6.45) is -0.974. The number of para-hydroxylation sites is 1. The fourth-order valence-electron chi connectivity index (χ4n) is 4.43. The summed E-state index contributed by atoms with van der Waals surface area (Å²) in [7, 11) is -2.68. The number of nitrogens with one attached hydrogen (secondary N) is 2. The zero-order valence-corrected chi connectivity index (χ0v) is 19.5. The fraction of sp³-hybridized carbons (Fsp3) is 0.409. The first-order chi connectivity index (χ1) is 15.9. The summed E-state index contributed by atoms with van der Waals surface area (Å²) in [5.41, 5.74) is 4.56. The van der Waals surface area contributed by atoms with Crippen molar-refractivity contribution in [1.82, 2.24) is 15.0 Å². The first kappa shape index (κ1) is 24.1. The summed E-state index contributed by atoms with van der Waals surface area (Å²) in [6, 6.07) is 4.87. The molecule has 34 heavy (non-hydrogen) atoms. The van der Waals surface area contributed by atoms with Crippen LogP contribution in [0.3, 0.4) is 0 Å². The number of anilines is 1. The number of aromatic amines is 1. The first-order valence-electron chi connectivity index (χ1n) is 10.7. The molecule has 0 unspecified atom stereocenters. The number of H-pyrrole nitrogens is 1. The Morgan fingerprint density at radius 3 is 2.76 bits per heavy atom. The normalized spacial score (nSPS) is 18.9. The molecule has 3 aromatic rings. The number of primary amides is 1. The number of carbonyl (C=O) groups excluding carboxylic acids is 1. The third-order valence-corrected chi connectivity index (χ3v) is 7.57. The lowest BCUT2D eigenvalue weighted by atomic mass is 10.0. The molecule has 12 heteroatoms. The van der Waals surface area contributed by atoms with Crippen molar-refractivity contribution in [2.24, 2.45) is 11.7 Å². The van der Waals surface area contributed by atoms with E-state index in [2.05, 4.69) is 20.3 Å². The zero-order chi connectivity index (χ0) is 24.7. The topological polar surface area (TPSA) is 123 Å². The maximum Gasteiger partial charge on any atom is 0.419 e. The van der Waals surface area contributed by atoms with Gasteiger partial charge in [-0.2, -0.15) is 13.2 Å². The van der Waals surface area contributed by atoms with Gasteiger partial charge < -0.3 is 25.3 Å². The van der Waals surface area contributed by atoms with Crippen molar-refractivity contribution in [3.63, 3.8) is 0 Å². The molecule has 0 bridgehead atoms. The van der Waals surface area contributed by atoms with Crippen LogP contribution in [0.25, 0.3) is 22.2 Å². The van der Waals surface area contributed by atoms with Gasteiger partial charge >= 0.3 is 12.3 Å². The summed E-state index contributed by atoms with van der Waals surface area (Å²) in [4.78, 5) is 22.1. The number of ether oxygens (including phenoxy) is 1. The van der Waals surface area contributed by atoms with Crippen molar-refractivity contribution >= 4 is 35.4 Å². The fourth-order valence-corrected chi connectivity index (χ4v) is 5.60. The summed E-state index contributed by atoms with van der Waals surface area (Å²) in [6.45, 7) is 3.33. The highest BCUT2D eigenvalue weighted by Crippen LogP contribution is 2.42. The number of hydrogen-bond donors (Lipinski definition) is 3. The Kier molecular flexibility index (Phi) is 6.33. The monoisotopic (exact) mass is 495 g/mol. The molecular weight excluding hydrogens is 470 g/mol. The van der Waals surface area contributed by atoms with Gasteiger partial charge in [0, 0.05) is 40.6 Å². The summed E-state index contributed by atoms with van der Waals surface area (Å²) < 4.78 is 59.2. The molecule has 2 aromatic heterocycles. The van der Waals surface area contributed by atoms with Crippen molar-refractivity contribution in [3.8, 4) is 11.3 Å². The number of alkyl halides is 3. The van der Waals surface area contributed by atoms with Gasteiger partial charge in [0.2, 0.25) is 5.95 Å². The van der Waals surface area contributed by atoms with Crippen LogP contribution in [0.1, 0.15) is 24.8 Å². The Hall–Kier alpha value is -3.07. The molecule has 1 aromatic carbocycles. The number of carbonyl (C=O) groups is 1. The molecule has 0 saturated heterocycles. The van der Waals surface area contributed by atoms with E-state index in [1.165, 1.54) is 6.20 Å². The van der Waals surface area contributed by atoms with E-state index in [4.69, 9.17) is 10.5 Å². The summed E-state index contributed by atoms with van der Waals surface area (Å²) >= 11 is 0. The quantitative estimate of drug-likeness (QED) is 0.431. The summed E-state index contributed by atoms with van der Waals surface area (Å²) in [5, 5.41) is 4.15. The van der Waals surface area contributed by atoms with E-state index in [1.54, 1.807) is 31.5 Å². The van der Waals surface area contributed by atoms with Crippen LogP contribution in [0, 0.1) is 5.92 Å². The predicted octanol–water partition coefficient (Wildman–Crippen LogP) is 4.57. The molecule has 1 aliphatic rings. The van der Waals surface area contributed by atoms with Gasteiger partial charge in [0.1, 0.15) is 12.7 Å². The second-order valence-electron chi connectivity index (χ2n) is 8.78. The van der Waals surface area contributed by atoms with Gasteiger partial charge in [0.05, 0.1) is 17.8 Å². The number of aromatic nitrogens is 3. The molecule has 4 rings (SSSR count). The average Bonchev–Trinajstić information content (AvgIpc) is 3.37. The Morgan fingerprint density at radius 2 is 2.09 bits per heavy atom. The SMILES string of the molecule is CP(C)(=O)c1cccc2c(-c3nc(N[C@H]4CCC[C@H]4COC(N)=O)ncc3C(F)(F)F)c[nH]c12. The van der Waals surface area contributed by atoms with E-state index in [0.717, 1.165) is 25.5 Å². The van der Waals surface area contributed by atoms with Crippen molar-refractivity contribution in [2.75, 3.05) is 25.3 Å². The number of amides is 1. The van der Waals surface area contributed by atoms with Gasteiger partial charge in [0.25, 0.3) is 0 Å². The molecule has 4 N–H and O–H groups in total. The van der Waals surface area contributed by atoms with Crippen molar-refractivity contribution in [1.29, 1.82) is 0 Å². The Morgan fingerprint density at radius 1 is 1.32 bits per heavy atom. The van der Waals surface area contributed by atoms with E-state index in [0.29, 0.717) is 16.2 Å². The van der Waals surface area contributed by atoms with Crippen LogP contribution in [-0.4, -0.2) is 47.0 Å². The van der Waals surface area contributed by atoms with Gasteiger partial charge in [0.15, 0.2) is 0 Å². The van der Waals surface area contributed by atoms with Crippen LogP contribution in [0.4, 0.5) is 23.9 Å². The van der Waals surface area contributed by atoms with Crippen LogP contribution < -0.4 is 16.4 Å². The average molecular weight is 495 g/mol. The van der Waals surface area contributed by atoms with Crippen LogP contribution in [0.15, 0.2) is 30.6 Å². The third-order valence-electron chi connectivity index (χ3n) is 6.04. The Labute approximate surface area is 193 Å². The summed E-state index contributed by atoms with van der Waals surface area (Å²) in [5.74, 6) is -0.0122. The maximum atomic E-state index is 13.9. The molecule has 2 heterocycles. The van der Waals surface area contributed by atoms with Crippen molar-refractivity contribution in [2.45, 2.75) is 31.5 Å². The largest absolute Gasteiger partial charge is 0.449 e. The van der Waals surface area contributed by atoms with Crippen LogP contribution >= 0.6 is 7.14 Å². The highest BCUT2D eigenvalue weighted by atomic mass is 31.2. The molecule has 8 nitrogen and oxygen atoms in total. The van der Waals surface area contributed by atoms with E-state index in [1.807, 2.05) is 0 Å². The highest BCUT2D eigenvalue weighted by molar-refractivity contribution is 7.70. The van der Waals surface area contributed by atoms with E-state index >= 15 is 0 Å². The molecule has 2 atom stereocenters. The van der Waals surface area contributed by atoms with E-state index < -0.39 is 25.0 Å². The molecule has 0 spiro atoms. The van der Waals surface area contributed by atoms with Crippen LogP contribution in [0.2, 0.25) is 0 Å². The number of nitrogens with two attached hydrogens (primary N) is 1. The molecule has 1 saturated carbocycles. The minimum Gasteiger partial charge on any atom is -0.449 e.